The molecule has 1 nitrogen and oxygen atoms in total. The molecular weight excluding hydrogens is 160 g/mol. The monoisotopic (exact) mass is 180 g/mol. The van der Waals surface area contributed by atoms with Crippen molar-refractivity contribution in [3.63, 3.8) is 0 Å². The normalized spacial score (nSPS) is 33.2. The number of hydrogen-bond acceptors (Lipinski definition) is 1. The zero-order valence-corrected chi connectivity index (χ0v) is 8.88. The second-order valence-corrected chi connectivity index (χ2v) is 4.13. The third-order valence-corrected chi connectivity index (χ3v) is 3.08. The van der Waals surface area contributed by atoms with Gasteiger partial charge in [0.05, 0.1) is 5.60 Å². The minimum absolute atomic E-state index is 0.303. The van der Waals surface area contributed by atoms with Gasteiger partial charge in [-0.3, -0.25) is 0 Å². The van der Waals surface area contributed by atoms with Crippen LogP contribution in [0.3, 0.4) is 0 Å². The Labute approximate surface area is 81.2 Å². The molecule has 0 radical (unpaired) electrons. The van der Waals surface area contributed by atoms with E-state index in [2.05, 4.69) is 19.1 Å². The van der Waals surface area contributed by atoms with E-state index in [0.717, 1.165) is 12.0 Å². The van der Waals surface area contributed by atoms with Gasteiger partial charge < -0.3 is 5.11 Å². The largest absolute Gasteiger partial charge is 0.385 e. The zero-order chi connectivity index (χ0) is 9.90. The lowest BCUT2D eigenvalue weighted by molar-refractivity contribution is 0.0487. The van der Waals surface area contributed by atoms with Crippen LogP contribution in [0.4, 0.5) is 0 Å². The first kappa shape index (κ1) is 10.5. The van der Waals surface area contributed by atoms with Crippen LogP contribution in [-0.4, -0.2) is 10.7 Å². The Kier molecular flexibility index (Phi) is 3.32. The summed E-state index contributed by atoms with van der Waals surface area (Å²) in [5, 5.41) is 10.2. The molecule has 0 saturated heterocycles. The minimum atomic E-state index is -0.621. The Morgan fingerprint density at radius 3 is 2.85 bits per heavy atom. The summed E-state index contributed by atoms with van der Waals surface area (Å²) in [6, 6.07) is 0. The molecule has 1 rings (SSSR count). The number of hydrogen-bond donors (Lipinski definition) is 1. The van der Waals surface area contributed by atoms with Crippen LogP contribution in [0.2, 0.25) is 0 Å². The summed E-state index contributed by atoms with van der Waals surface area (Å²) in [6.45, 7) is 6.11. The van der Waals surface area contributed by atoms with E-state index < -0.39 is 5.60 Å². The summed E-state index contributed by atoms with van der Waals surface area (Å²) in [7, 11) is 0. The molecule has 0 bridgehead atoms. The fourth-order valence-electron chi connectivity index (χ4n) is 1.78. The lowest BCUT2D eigenvalue weighted by Crippen LogP contribution is -2.36. The third-order valence-electron chi connectivity index (χ3n) is 3.08. The summed E-state index contributed by atoms with van der Waals surface area (Å²) < 4.78 is 0. The van der Waals surface area contributed by atoms with Gasteiger partial charge in [-0.05, 0) is 25.8 Å². The minimum Gasteiger partial charge on any atom is -0.385 e. The molecule has 2 atom stereocenters. The van der Waals surface area contributed by atoms with Crippen molar-refractivity contribution in [2.75, 3.05) is 0 Å². The zero-order valence-electron chi connectivity index (χ0n) is 8.88. The van der Waals surface area contributed by atoms with Gasteiger partial charge in [0.1, 0.15) is 0 Å². The molecule has 0 aromatic carbocycles. The van der Waals surface area contributed by atoms with Crippen molar-refractivity contribution in [2.45, 2.75) is 45.6 Å². The SMILES string of the molecule is CCCCC1C=CC=C(C)C1(C)O. The van der Waals surface area contributed by atoms with E-state index in [-0.39, 0.29) is 0 Å². The first-order chi connectivity index (χ1) is 6.09. The van der Waals surface area contributed by atoms with Gasteiger partial charge in [0.2, 0.25) is 0 Å². The Morgan fingerprint density at radius 2 is 2.23 bits per heavy atom. The van der Waals surface area contributed by atoms with Crippen LogP contribution in [0.25, 0.3) is 0 Å². The first-order valence-corrected chi connectivity index (χ1v) is 5.17. The average Bonchev–Trinajstić information content (AvgIpc) is 2.08. The van der Waals surface area contributed by atoms with Crippen LogP contribution in [0.1, 0.15) is 40.0 Å². The van der Waals surface area contributed by atoms with Crippen LogP contribution >= 0.6 is 0 Å². The van der Waals surface area contributed by atoms with Crippen molar-refractivity contribution >= 4 is 0 Å². The van der Waals surface area contributed by atoms with Gasteiger partial charge in [-0.1, -0.05) is 38.0 Å². The Bertz CT molecular complexity index is 223. The number of rotatable bonds is 3. The summed E-state index contributed by atoms with van der Waals surface area (Å²) in [5.41, 5.74) is 0.459. The lowest BCUT2D eigenvalue weighted by Gasteiger charge is -2.34. The Morgan fingerprint density at radius 1 is 1.54 bits per heavy atom. The highest BCUT2D eigenvalue weighted by Crippen LogP contribution is 2.33. The molecule has 0 spiro atoms. The smallest absolute Gasteiger partial charge is 0.0891 e. The molecular formula is C12H20O. The molecule has 1 aliphatic rings. The fraction of sp³-hybridized carbons (Fsp3) is 0.667. The van der Waals surface area contributed by atoms with Crippen LogP contribution in [0.15, 0.2) is 23.8 Å². The Balaban J connectivity index is 2.66. The van der Waals surface area contributed by atoms with Crippen molar-refractivity contribution in [1.82, 2.24) is 0 Å². The highest BCUT2D eigenvalue weighted by atomic mass is 16.3. The molecule has 1 heteroatoms. The van der Waals surface area contributed by atoms with Gasteiger partial charge in [-0.15, -0.1) is 0 Å². The van der Waals surface area contributed by atoms with E-state index in [1.54, 1.807) is 0 Å². The molecule has 0 saturated carbocycles. The second kappa shape index (κ2) is 4.10. The second-order valence-electron chi connectivity index (χ2n) is 4.13. The average molecular weight is 180 g/mol. The van der Waals surface area contributed by atoms with Crippen molar-refractivity contribution in [1.29, 1.82) is 0 Å². The molecule has 1 N–H and O–H groups in total. The maximum atomic E-state index is 10.2. The molecule has 2 unspecified atom stereocenters. The molecule has 0 fully saturated rings. The topological polar surface area (TPSA) is 20.2 Å². The summed E-state index contributed by atoms with van der Waals surface area (Å²) in [5.74, 6) is 0.303. The summed E-state index contributed by atoms with van der Waals surface area (Å²) >= 11 is 0. The Hall–Kier alpha value is -0.560. The molecule has 1 aliphatic carbocycles. The number of allylic oxidation sites excluding steroid dienone is 2. The van der Waals surface area contributed by atoms with Crippen LogP contribution in [0, 0.1) is 5.92 Å². The maximum Gasteiger partial charge on any atom is 0.0891 e. The van der Waals surface area contributed by atoms with Crippen molar-refractivity contribution in [3.8, 4) is 0 Å². The standard InChI is InChI=1S/C12H20O/c1-4-5-8-11-9-6-7-10(2)12(11,3)13/h6-7,9,11,13H,4-5,8H2,1-3H3. The van der Waals surface area contributed by atoms with Gasteiger partial charge in [-0.2, -0.15) is 0 Å². The number of unbranched alkanes of at least 4 members (excludes halogenated alkanes) is 1. The van der Waals surface area contributed by atoms with Gasteiger partial charge in [0.25, 0.3) is 0 Å². The van der Waals surface area contributed by atoms with E-state index in [1.165, 1.54) is 12.8 Å². The van der Waals surface area contributed by atoms with E-state index in [9.17, 15) is 5.11 Å². The molecule has 0 amide bonds. The quantitative estimate of drug-likeness (QED) is 0.707. The maximum absolute atomic E-state index is 10.2. The predicted octanol–water partition coefficient (Wildman–Crippen LogP) is 3.06. The van der Waals surface area contributed by atoms with Gasteiger partial charge in [0, 0.05) is 5.92 Å². The highest BCUT2D eigenvalue weighted by molar-refractivity contribution is 5.27. The lowest BCUT2D eigenvalue weighted by atomic mass is 9.77. The van der Waals surface area contributed by atoms with E-state index >= 15 is 0 Å². The number of aliphatic hydroxyl groups is 1. The molecule has 0 aromatic rings. The van der Waals surface area contributed by atoms with E-state index in [1.807, 2.05) is 19.9 Å². The highest BCUT2D eigenvalue weighted by Gasteiger charge is 2.32. The van der Waals surface area contributed by atoms with Crippen molar-refractivity contribution < 1.29 is 5.11 Å². The molecule has 0 heterocycles. The van der Waals surface area contributed by atoms with Gasteiger partial charge in [0.15, 0.2) is 0 Å². The van der Waals surface area contributed by atoms with Gasteiger partial charge in [-0.25, -0.2) is 0 Å². The molecule has 13 heavy (non-hydrogen) atoms. The molecule has 74 valence electrons. The van der Waals surface area contributed by atoms with Gasteiger partial charge >= 0.3 is 0 Å². The molecule has 0 aromatic heterocycles. The van der Waals surface area contributed by atoms with Crippen molar-refractivity contribution in [2.24, 2.45) is 5.92 Å². The van der Waals surface area contributed by atoms with Crippen molar-refractivity contribution in [3.05, 3.63) is 23.8 Å². The van der Waals surface area contributed by atoms with Crippen LogP contribution in [-0.2, 0) is 0 Å². The summed E-state index contributed by atoms with van der Waals surface area (Å²) in [6.07, 6.45) is 9.67. The fourth-order valence-corrected chi connectivity index (χ4v) is 1.78. The van der Waals surface area contributed by atoms with E-state index in [4.69, 9.17) is 0 Å². The van der Waals surface area contributed by atoms with Crippen LogP contribution in [0.5, 0.6) is 0 Å². The van der Waals surface area contributed by atoms with E-state index in [0.29, 0.717) is 5.92 Å². The third kappa shape index (κ3) is 2.22. The predicted molar refractivity (Wildman–Crippen MR) is 56.5 cm³/mol. The van der Waals surface area contributed by atoms with Crippen LogP contribution < -0.4 is 0 Å². The first-order valence-electron chi connectivity index (χ1n) is 5.17. The molecule has 0 aliphatic heterocycles. The summed E-state index contributed by atoms with van der Waals surface area (Å²) in [4.78, 5) is 0.